The fourth-order valence-electron chi connectivity index (χ4n) is 6.68. The van der Waals surface area contributed by atoms with Gasteiger partial charge < -0.3 is 14.6 Å². The number of aliphatic hydroxyl groups is 1. The van der Waals surface area contributed by atoms with Crippen LogP contribution in [-0.4, -0.2) is 17.8 Å². The predicted octanol–water partition coefficient (Wildman–Crippen LogP) is 9.43. The predicted molar refractivity (Wildman–Crippen MR) is 175 cm³/mol. The van der Waals surface area contributed by atoms with Crippen molar-refractivity contribution in [1.29, 1.82) is 0 Å². The van der Waals surface area contributed by atoms with E-state index in [0.717, 1.165) is 33.8 Å². The molecule has 0 amide bonds. The summed E-state index contributed by atoms with van der Waals surface area (Å²) >= 11 is 0. The highest BCUT2D eigenvalue weighted by Gasteiger charge is 2.44. The highest BCUT2D eigenvalue weighted by molar-refractivity contribution is 5.58. The van der Waals surface area contributed by atoms with Crippen LogP contribution in [-0.2, 0) is 5.60 Å². The molecule has 2 atom stereocenters. The average Bonchev–Trinajstić information content (AvgIpc) is 3.25. The molecule has 1 aliphatic rings. The molecule has 4 aromatic rings. The summed E-state index contributed by atoms with van der Waals surface area (Å²) in [6.07, 6.45) is 0. The first-order chi connectivity index (χ1) is 19.7. The van der Waals surface area contributed by atoms with Crippen molar-refractivity contribution in [2.45, 2.75) is 86.4 Å². The third-order valence-electron chi connectivity index (χ3n) is 9.14. The second-order valence-corrected chi connectivity index (χ2v) is 12.8. The van der Waals surface area contributed by atoms with Crippen LogP contribution in [0.2, 0.25) is 0 Å². The van der Waals surface area contributed by atoms with Gasteiger partial charge in [0.05, 0.1) is 13.0 Å². The molecule has 222 valence electrons. The van der Waals surface area contributed by atoms with Gasteiger partial charge in [-0.3, -0.25) is 0 Å². The van der Waals surface area contributed by atoms with Crippen LogP contribution >= 0.6 is 0 Å². The van der Waals surface area contributed by atoms with Crippen LogP contribution < -0.4 is 9.47 Å². The highest BCUT2D eigenvalue weighted by atomic mass is 16.5. The van der Waals surface area contributed by atoms with Gasteiger partial charge >= 0.3 is 0 Å². The van der Waals surface area contributed by atoms with Gasteiger partial charge in [-0.15, -0.1) is 0 Å². The molecule has 0 bridgehead atoms. The fraction of sp³-hybridized carbons (Fsp3) is 0.385. The second kappa shape index (κ2) is 12.0. The van der Waals surface area contributed by atoms with Crippen molar-refractivity contribution in [3.63, 3.8) is 0 Å². The smallest absolute Gasteiger partial charge is 0.128 e. The van der Waals surface area contributed by atoms with Gasteiger partial charge in [-0.2, -0.15) is 0 Å². The maximum absolute atomic E-state index is 11.7. The Kier molecular flexibility index (Phi) is 8.94. The molecule has 0 fully saturated rings. The number of hydrogen-bond donors (Lipinski definition) is 1. The van der Waals surface area contributed by atoms with Crippen molar-refractivity contribution in [2.24, 2.45) is 5.92 Å². The lowest BCUT2D eigenvalue weighted by molar-refractivity contribution is 0.0287. The van der Waals surface area contributed by atoms with Gasteiger partial charge in [0.1, 0.15) is 22.7 Å². The molecule has 3 heteroatoms. The van der Waals surface area contributed by atoms with Gasteiger partial charge in [-0.05, 0) is 106 Å². The van der Waals surface area contributed by atoms with E-state index in [0.29, 0.717) is 5.92 Å². The lowest BCUT2D eigenvalue weighted by Gasteiger charge is -2.36. The molecule has 0 aliphatic carbocycles. The second-order valence-electron chi connectivity index (χ2n) is 12.8. The van der Waals surface area contributed by atoms with Gasteiger partial charge in [0.25, 0.3) is 0 Å². The van der Waals surface area contributed by atoms with Crippen LogP contribution in [0.15, 0.2) is 72.8 Å². The molecule has 0 saturated carbocycles. The number of fused-ring (bicyclic) bond motifs is 1. The van der Waals surface area contributed by atoms with Gasteiger partial charge in [-0.1, -0.05) is 86.6 Å². The molecule has 0 saturated heterocycles. The number of ether oxygens (including phenoxy) is 2. The van der Waals surface area contributed by atoms with Gasteiger partial charge in [0.2, 0.25) is 0 Å². The van der Waals surface area contributed by atoms with Crippen LogP contribution in [0.3, 0.4) is 0 Å². The Morgan fingerprint density at radius 1 is 0.762 bits per heavy atom. The van der Waals surface area contributed by atoms with Crippen LogP contribution in [0.4, 0.5) is 0 Å². The summed E-state index contributed by atoms with van der Waals surface area (Å²) in [5.41, 5.74) is 10.4. The first-order valence-electron chi connectivity index (χ1n) is 15.0. The van der Waals surface area contributed by atoms with Gasteiger partial charge in [0.15, 0.2) is 0 Å². The Labute approximate surface area is 253 Å². The van der Waals surface area contributed by atoms with Crippen LogP contribution in [0.25, 0.3) is 0 Å². The van der Waals surface area contributed by atoms with Crippen molar-refractivity contribution < 1.29 is 14.6 Å². The molecule has 0 radical (unpaired) electrons. The topological polar surface area (TPSA) is 38.7 Å². The summed E-state index contributed by atoms with van der Waals surface area (Å²) in [6.45, 7) is 21.2. The first-order valence-corrected chi connectivity index (χ1v) is 15.0. The lowest BCUT2D eigenvalue weighted by Crippen LogP contribution is -2.35. The van der Waals surface area contributed by atoms with Crippen molar-refractivity contribution in [1.82, 2.24) is 0 Å². The Morgan fingerprint density at radius 2 is 1.29 bits per heavy atom. The maximum Gasteiger partial charge on any atom is 0.128 e. The first kappa shape index (κ1) is 31.4. The zero-order valence-corrected chi connectivity index (χ0v) is 27.3. The summed E-state index contributed by atoms with van der Waals surface area (Å²) in [4.78, 5) is 0. The molecule has 4 aromatic carbocycles. The Hall–Kier alpha value is -3.56. The van der Waals surface area contributed by atoms with E-state index in [1.807, 2.05) is 58.0 Å². The van der Waals surface area contributed by atoms with Crippen molar-refractivity contribution in [3.8, 4) is 11.5 Å². The molecule has 3 nitrogen and oxygen atoms in total. The summed E-state index contributed by atoms with van der Waals surface area (Å²) in [5.74, 6) is 2.21. The quantitative estimate of drug-likeness (QED) is 0.262. The minimum Gasteiger partial charge on any atom is -0.496 e. The largest absolute Gasteiger partial charge is 0.496 e. The van der Waals surface area contributed by atoms with Crippen LogP contribution in [0.1, 0.15) is 89.2 Å². The molecule has 42 heavy (non-hydrogen) atoms. The third-order valence-corrected chi connectivity index (χ3v) is 9.14. The SMILES string of the molecule is COc1c(C)c(C)cc(C)c1C(O)(c1ccccc1)C(C)C.Cc1cc(C)c2c(c1C)OC(C)(C)C2c1ccccc1. The van der Waals surface area contributed by atoms with Gasteiger partial charge in [-0.25, -0.2) is 0 Å². The minimum absolute atomic E-state index is 0.0182. The molecular weight excluding hydrogens is 516 g/mol. The molecule has 0 aromatic heterocycles. The van der Waals surface area contributed by atoms with Gasteiger partial charge in [0, 0.05) is 11.1 Å². The Bertz CT molecular complexity index is 1550. The zero-order valence-electron chi connectivity index (χ0n) is 27.3. The summed E-state index contributed by atoms with van der Waals surface area (Å²) in [5, 5.41) is 11.7. The average molecular weight is 565 g/mol. The summed E-state index contributed by atoms with van der Waals surface area (Å²) in [7, 11) is 1.68. The number of benzene rings is 4. The van der Waals surface area contributed by atoms with Crippen LogP contribution in [0, 0.1) is 47.5 Å². The van der Waals surface area contributed by atoms with E-state index in [9.17, 15) is 5.11 Å². The van der Waals surface area contributed by atoms with E-state index in [1.54, 1.807) is 7.11 Å². The lowest BCUT2D eigenvalue weighted by atomic mass is 9.74. The van der Waals surface area contributed by atoms with Crippen LogP contribution in [0.5, 0.6) is 11.5 Å². The van der Waals surface area contributed by atoms with E-state index in [1.165, 1.54) is 33.4 Å². The number of methoxy groups -OCH3 is 1. The molecule has 5 rings (SSSR count). The van der Waals surface area contributed by atoms with E-state index in [2.05, 4.69) is 84.0 Å². The molecule has 1 heterocycles. The maximum atomic E-state index is 11.7. The van der Waals surface area contributed by atoms with E-state index in [-0.39, 0.29) is 11.5 Å². The number of rotatable bonds is 5. The van der Waals surface area contributed by atoms with E-state index < -0.39 is 5.60 Å². The number of aryl methyl sites for hydroxylation is 4. The normalized spacial score (nSPS) is 16.6. The fourth-order valence-corrected chi connectivity index (χ4v) is 6.68. The zero-order chi connectivity index (χ0) is 31.0. The Morgan fingerprint density at radius 3 is 1.83 bits per heavy atom. The highest BCUT2D eigenvalue weighted by Crippen LogP contribution is 2.51. The molecule has 1 aliphatic heterocycles. The standard InChI is InChI=1S/C20H26O2.C19H22O/c1-13(2)20(21,17-10-8-7-9-11-17)18-15(4)12-14(3)16(5)19(18)22-6;1-12-11-13(2)16-17(15-9-7-6-8-10-15)19(4,5)20-18(16)14(12)3/h7-13,21H,1-6H3;6-11,17H,1-5H3. The van der Waals surface area contributed by atoms with Crippen molar-refractivity contribution in [2.75, 3.05) is 7.11 Å². The Balaban J connectivity index is 0.000000193. The van der Waals surface area contributed by atoms with Crippen molar-refractivity contribution in [3.05, 3.63) is 128 Å². The molecule has 2 unspecified atom stereocenters. The monoisotopic (exact) mass is 564 g/mol. The minimum atomic E-state index is -1.07. The summed E-state index contributed by atoms with van der Waals surface area (Å²) < 4.78 is 12.0. The third kappa shape index (κ3) is 5.47. The van der Waals surface area contributed by atoms with Crippen molar-refractivity contribution >= 4 is 0 Å². The molecule has 1 N–H and O–H groups in total. The molecular formula is C39H48O3. The molecule has 0 spiro atoms. The summed E-state index contributed by atoms with van der Waals surface area (Å²) in [6, 6.07) is 25.0. The van der Waals surface area contributed by atoms with E-state index >= 15 is 0 Å². The number of hydrogen-bond acceptors (Lipinski definition) is 3. The van der Waals surface area contributed by atoms with E-state index in [4.69, 9.17) is 9.47 Å².